The molecule has 1 heterocycles. The van der Waals surface area contributed by atoms with Gasteiger partial charge in [0, 0.05) is 22.3 Å². The number of unbranched alkanes of at least 4 members (excludes halogenated alkanes) is 19. The first-order chi connectivity index (χ1) is 26.6. The Kier molecular flexibility index (Phi) is 28.9. The van der Waals surface area contributed by atoms with E-state index in [1.54, 1.807) is 4.70 Å². The van der Waals surface area contributed by atoms with Gasteiger partial charge in [-0.05, 0) is 86.8 Å². The number of hydrogen-bond donors (Lipinski definition) is 0. The second kappa shape index (κ2) is 32.3. The van der Waals surface area contributed by atoms with E-state index in [4.69, 9.17) is 0 Å². The third kappa shape index (κ3) is 19.4. The van der Waals surface area contributed by atoms with Crippen molar-refractivity contribution in [2.24, 2.45) is 0 Å². The summed E-state index contributed by atoms with van der Waals surface area (Å²) in [6.45, 7) is 13.6. The summed E-state index contributed by atoms with van der Waals surface area (Å²) in [5.74, 6) is 0. The summed E-state index contributed by atoms with van der Waals surface area (Å²) in [4.78, 5) is 2.79. The van der Waals surface area contributed by atoms with Gasteiger partial charge in [0.05, 0.1) is 0 Å². The number of rotatable bonds is 31. The molecule has 308 valence electrons. The summed E-state index contributed by atoms with van der Waals surface area (Å²) in [6, 6.07) is 18.3. The number of nitrogens with zero attached hydrogens (tertiary/aromatic N) is 2. The van der Waals surface area contributed by atoms with Crippen LogP contribution in [0.25, 0.3) is 16.9 Å². The first kappa shape index (κ1) is 48.3. The van der Waals surface area contributed by atoms with Crippen LogP contribution in [0.4, 0.5) is 0 Å². The quantitative estimate of drug-likeness (QED) is 0.0411. The maximum atomic E-state index is 12.2. The van der Waals surface area contributed by atoms with E-state index in [0.29, 0.717) is 0 Å². The molecule has 0 aliphatic carbocycles. The molecule has 1 aliphatic rings. The molecule has 0 N–H and O–H groups in total. The van der Waals surface area contributed by atoms with Gasteiger partial charge in [-0.15, -0.1) is 0 Å². The molecular formula is C51H84N2Pd. The zero-order valence-corrected chi connectivity index (χ0v) is 37.9. The van der Waals surface area contributed by atoms with E-state index in [1.807, 2.05) is 0 Å². The van der Waals surface area contributed by atoms with Gasteiger partial charge in [0.2, 0.25) is 11.4 Å². The summed E-state index contributed by atoms with van der Waals surface area (Å²) in [5, 5.41) is 0. The van der Waals surface area contributed by atoms with E-state index in [0.717, 1.165) is 67.9 Å². The number of benzene rings is 2. The summed E-state index contributed by atoms with van der Waals surface area (Å²) < 4.78 is 1.61. The number of hydrogen-bond acceptors (Lipinski definition) is 0. The zero-order valence-electron chi connectivity index (χ0n) is 36.3. The van der Waals surface area contributed by atoms with Crippen molar-refractivity contribution in [3.8, 4) is 0 Å². The molecule has 3 rings (SSSR count). The van der Waals surface area contributed by atoms with Crippen LogP contribution in [0.3, 0.4) is 0 Å². The van der Waals surface area contributed by atoms with Gasteiger partial charge in [-0.2, -0.15) is 0 Å². The Hall–Kier alpha value is -1.82. The Labute approximate surface area is 344 Å². The third-order valence-electron chi connectivity index (χ3n) is 11.0. The van der Waals surface area contributed by atoms with Crippen LogP contribution >= 0.6 is 0 Å². The second-order valence-corrected chi connectivity index (χ2v) is 18.7. The normalized spacial score (nSPS) is 13.0. The summed E-state index contributed by atoms with van der Waals surface area (Å²) in [7, 11) is 0. The van der Waals surface area contributed by atoms with Crippen molar-refractivity contribution in [1.82, 2.24) is 0 Å². The van der Waals surface area contributed by atoms with Crippen LogP contribution in [0.1, 0.15) is 224 Å². The minimum atomic E-state index is 1.03. The van der Waals surface area contributed by atoms with E-state index in [2.05, 4.69) is 90.1 Å². The van der Waals surface area contributed by atoms with Gasteiger partial charge in [0.25, 0.3) is 0 Å². The summed E-state index contributed by atoms with van der Waals surface area (Å²) in [6.07, 6.45) is 34.5. The van der Waals surface area contributed by atoms with Crippen molar-refractivity contribution in [3.63, 3.8) is 0 Å². The predicted octanol–water partition coefficient (Wildman–Crippen LogP) is 17.7. The van der Waals surface area contributed by atoms with Gasteiger partial charge >= 0.3 is 41.6 Å². The van der Waals surface area contributed by atoms with Gasteiger partial charge < -0.3 is 5.53 Å². The van der Waals surface area contributed by atoms with Gasteiger partial charge in [0.1, 0.15) is 0 Å². The van der Waals surface area contributed by atoms with Crippen LogP contribution in [0.2, 0.25) is 9.79 Å². The molecule has 0 fully saturated rings. The fraction of sp³-hybridized carbons (Fsp3) is 0.686. The number of allylic oxidation sites excluding steroid dienone is 2. The SMILES string of the molecule is CCCCCCCCCCCC1=C(c2cccc(CCCCCCCC)c2)[N+](=[N-])C(c2cccc(CCCCCCCC)c2)=C1CCCC.C[CH2][Pd][CH2]C. The van der Waals surface area contributed by atoms with E-state index in [-0.39, 0.29) is 0 Å². The standard InChI is InChI=1S/C47H74N2.2C2H5.Pd/c1-5-9-13-16-19-20-21-24-27-37-45-44(36-12-8-4)46(42-34-28-32-40(38-42)30-25-22-17-14-10-6-2)49(48)47(45)43-35-29-33-41(39-43)31-26-23-18-15-11-7-3;2*1-2;/h28-29,32-35,38-39H,5-27,30-31,36-37H2,1-4H3;2*1H2,2H3;. The van der Waals surface area contributed by atoms with Gasteiger partial charge in [-0.25, -0.2) is 4.70 Å². The van der Waals surface area contributed by atoms with Crippen LogP contribution in [-0.4, -0.2) is 4.70 Å². The molecule has 0 saturated carbocycles. The molecule has 0 saturated heterocycles. The second-order valence-electron chi connectivity index (χ2n) is 15.7. The van der Waals surface area contributed by atoms with Crippen LogP contribution in [-0.2, 0) is 30.8 Å². The molecule has 2 aromatic rings. The van der Waals surface area contributed by atoms with Gasteiger partial charge in [-0.3, -0.25) is 0 Å². The zero-order chi connectivity index (χ0) is 39.1. The molecule has 0 bridgehead atoms. The van der Waals surface area contributed by atoms with Crippen molar-refractivity contribution in [1.29, 1.82) is 0 Å². The molecule has 3 heteroatoms. The molecule has 0 atom stereocenters. The number of aryl methyl sites for hydroxylation is 2. The molecule has 54 heavy (non-hydrogen) atoms. The molecule has 0 unspecified atom stereocenters. The molecular weight excluding hydrogens is 747 g/mol. The van der Waals surface area contributed by atoms with E-state index >= 15 is 0 Å². The fourth-order valence-corrected chi connectivity index (χ4v) is 8.65. The van der Waals surface area contributed by atoms with Crippen molar-refractivity contribution in [2.75, 3.05) is 0 Å². The minimum absolute atomic E-state index is 1.03. The molecule has 2 aromatic carbocycles. The Morgan fingerprint density at radius 1 is 0.407 bits per heavy atom. The van der Waals surface area contributed by atoms with Crippen molar-refractivity contribution >= 4 is 11.4 Å². The van der Waals surface area contributed by atoms with Gasteiger partial charge in [-0.1, -0.05) is 174 Å². The Morgan fingerprint density at radius 3 is 1.09 bits per heavy atom. The van der Waals surface area contributed by atoms with Crippen LogP contribution in [0.5, 0.6) is 0 Å². The molecule has 2 nitrogen and oxygen atoms in total. The van der Waals surface area contributed by atoms with E-state index in [9.17, 15) is 5.53 Å². The molecule has 0 spiro atoms. The first-order valence-corrected chi connectivity index (χ1v) is 25.3. The monoisotopic (exact) mass is 831 g/mol. The molecule has 0 aromatic heterocycles. The average molecular weight is 832 g/mol. The van der Waals surface area contributed by atoms with E-state index < -0.39 is 0 Å². The predicted molar refractivity (Wildman–Crippen MR) is 237 cm³/mol. The topological polar surface area (TPSA) is 25.3 Å². The van der Waals surface area contributed by atoms with Crippen LogP contribution in [0.15, 0.2) is 59.7 Å². The fourth-order valence-electron chi connectivity index (χ4n) is 7.88. The summed E-state index contributed by atoms with van der Waals surface area (Å²) >= 11 is 1.04. The molecule has 0 radical (unpaired) electrons. The molecule has 1 aliphatic heterocycles. The van der Waals surface area contributed by atoms with Crippen molar-refractivity contribution in [3.05, 3.63) is 87.5 Å². The summed E-state index contributed by atoms with van der Waals surface area (Å²) in [5.41, 5.74) is 22.3. The van der Waals surface area contributed by atoms with Gasteiger partial charge in [0.15, 0.2) is 0 Å². The van der Waals surface area contributed by atoms with Crippen LogP contribution < -0.4 is 0 Å². The van der Waals surface area contributed by atoms with Crippen molar-refractivity contribution < 1.29 is 22.7 Å². The molecule has 0 amide bonds. The third-order valence-corrected chi connectivity index (χ3v) is 12.6. The Bertz CT molecular complexity index is 1320. The average Bonchev–Trinajstić information content (AvgIpc) is 3.46. The first-order valence-electron chi connectivity index (χ1n) is 23.1. The maximum absolute atomic E-state index is 12.2. The Balaban J connectivity index is 0.00000188. The van der Waals surface area contributed by atoms with Crippen molar-refractivity contribution in [2.45, 2.75) is 225 Å². The van der Waals surface area contributed by atoms with Crippen LogP contribution in [0, 0.1) is 0 Å². The van der Waals surface area contributed by atoms with E-state index in [1.165, 1.54) is 178 Å². The Morgan fingerprint density at radius 2 is 0.741 bits per heavy atom.